The summed E-state index contributed by atoms with van der Waals surface area (Å²) in [6.07, 6.45) is 0. The Labute approximate surface area is 261 Å². The van der Waals surface area contributed by atoms with Crippen molar-refractivity contribution in [3.05, 3.63) is 82.0 Å². The van der Waals surface area contributed by atoms with E-state index < -0.39 is 40.4 Å². The maximum Gasteiger partial charge on any atom is 0.394 e. The maximum atomic E-state index is 13.3. The molecule has 7 N–H and O–H groups in total. The zero-order chi connectivity index (χ0) is 33.0. The SMILES string of the molecule is Cc1cc(OCc2nc(N)nc(N)c2-c2ccc(Cl)c(Cl)c2)ccc1NS(=O)(=O)c1cccc(S(=O)(=O)F)c1.O=S(=O)(O)O. The highest BCUT2D eigenvalue weighted by Gasteiger charge is 2.20. The second kappa shape index (κ2) is 13.5. The van der Waals surface area contributed by atoms with E-state index in [2.05, 4.69) is 14.7 Å². The second-order valence-electron chi connectivity index (χ2n) is 8.65. The lowest BCUT2D eigenvalue weighted by Gasteiger charge is -2.15. The van der Waals surface area contributed by atoms with Crippen LogP contribution in [-0.2, 0) is 37.3 Å². The summed E-state index contributed by atoms with van der Waals surface area (Å²) in [6.45, 7) is 1.57. The minimum atomic E-state index is -5.08. The van der Waals surface area contributed by atoms with Gasteiger partial charge in [-0.3, -0.25) is 13.8 Å². The molecule has 0 aliphatic carbocycles. The summed E-state index contributed by atoms with van der Waals surface area (Å²) in [4.78, 5) is 7.07. The topological polar surface area (TPSA) is 242 Å². The first-order valence-corrected chi connectivity index (χ1v) is 16.6. The van der Waals surface area contributed by atoms with Gasteiger partial charge in [-0.15, -0.1) is 3.89 Å². The Bertz CT molecular complexity index is 2040. The van der Waals surface area contributed by atoms with Crippen molar-refractivity contribution in [2.75, 3.05) is 16.2 Å². The average molecular weight is 711 g/mol. The highest BCUT2D eigenvalue weighted by atomic mass is 35.5. The lowest BCUT2D eigenvalue weighted by Crippen LogP contribution is -2.14. The molecule has 0 aliphatic heterocycles. The molecule has 0 spiro atoms. The normalized spacial score (nSPS) is 11.8. The number of aromatic nitrogens is 2. The molecular formula is C24H22Cl2FN5O9S3. The van der Waals surface area contributed by atoms with Gasteiger partial charge in [-0.2, -0.15) is 21.8 Å². The summed E-state index contributed by atoms with van der Waals surface area (Å²) in [5.74, 6) is 0.433. The Hall–Kier alpha value is -3.78. The first-order valence-electron chi connectivity index (χ1n) is 11.6. The Morgan fingerprint density at radius 2 is 1.52 bits per heavy atom. The van der Waals surface area contributed by atoms with E-state index >= 15 is 0 Å². The van der Waals surface area contributed by atoms with Crippen LogP contribution in [0, 0.1) is 6.92 Å². The number of rotatable bonds is 8. The number of hydrogen-bond donors (Lipinski definition) is 5. The number of ether oxygens (including phenoxy) is 1. The van der Waals surface area contributed by atoms with Gasteiger partial charge in [0, 0.05) is 5.56 Å². The maximum absolute atomic E-state index is 13.3. The van der Waals surface area contributed by atoms with Gasteiger partial charge in [0.05, 0.1) is 31.2 Å². The molecule has 1 aromatic heterocycles. The van der Waals surface area contributed by atoms with Crippen molar-refractivity contribution in [2.24, 2.45) is 0 Å². The molecule has 0 atom stereocenters. The van der Waals surface area contributed by atoms with E-state index in [1.54, 1.807) is 31.2 Å². The number of sulfonamides is 1. The lowest BCUT2D eigenvalue weighted by atomic mass is 10.0. The van der Waals surface area contributed by atoms with Crippen molar-refractivity contribution in [3.63, 3.8) is 0 Å². The van der Waals surface area contributed by atoms with Gasteiger partial charge in [0.2, 0.25) is 5.95 Å². The van der Waals surface area contributed by atoms with Crippen molar-refractivity contribution in [3.8, 4) is 16.9 Å². The molecule has 0 unspecified atom stereocenters. The van der Waals surface area contributed by atoms with E-state index in [-0.39, 0.29) is 24.1 Å². The predicted molar refractivity (Wildman–Crippen MR) is 162 cm³/mol. The van der Waals surface area contributed by atoms with E-state index in [0.717, 1.165) is 24.3 Å². The number of nitrogens with two attached hydrogens (primary N) is 2. The first kappa shape index (κ1) is 34.7. The summed E-state index contributed by atoms with van der Waals surface area (Å²) in [7, 11) is -14.0. The smallest absolute Gasteiger partial charge is 0.394 e. The molecule has 14 nitrogen and oxygen atoms in total. The van der Waals surface area contributed by atoms with Gasteiger partial charge in [-0.05, 0) is 66.6 Å². The Morgan fingerprint density at radius 1 is 0.886 bits per heavy atom. The minimum absolute atomic E-state index is 0.0551. The predicted octanol–water partition coefficient (Wildman–Crippen LogP) is 4.31. The third kappa shape index (κ3) is 9.61. The van der Waals surface area contributed by atoms with Gasteiger partial charge >= 0.3 is 20.6 Å². The zero-order valence-electron chi connectivity index (χ0n) is 22.1. The van der Waals surface area contributed by atoms with Crippen molar-refractivity contribution in [1.29, 1.82) is 0 Å². The first-order chi connectivity index (χ1) is 20.2. The lowest BCUT2D eigenvalue weighted by molar-refractivity contribution is 0.302. The Kier molecular flexibility index (Phi) is 10.6. The van der Waals surface area contributed by atoms with Crippen LogP contribution < -0.4 is 20.9 Å². The third-order valence-electron chi connectivity index (χ3n) is 5.45. The fourth-order valence-electron chi connectivity index (χ4n) is 3.61. The number of anilines is 3. The highest BCUT2D eigenvalue weighted by molar-refractivity contribution is 7.92. The van der Waals surface area contributed by atoms with Crippen LogP contribution in [0.2, 0.25) is 10.0 Å². The summed E-state index contributed by atoms with van der Waals surface area (Å²) >= 11 is 12.2. The molecule has 0 aliphatic rings. The molecule has 4 rings (SSSR count). The second-order valence-corrected chi connectivity index (χ2v) is 13.4. The average Bonchev–Trinajstić information content (AvgIpc) is 2.89. The van der Waals surface area contributed by atoms with Gasteiger partial charge < -0.3 is 16.2 Å². The molecule has 0 radical (unpaired) electrons. The number of nitrogens with one attached hydrogen (secondary N) is 1. The van der Waals surface area contributed by atoms with Gasteiger partial charge in [-0.25, -0.2) is 13.4 Å². The summed E-state index contributed by atoms with van der Waals surface area (Å²) in [5, 5.41) is 0.670. The van der Waals surface area contributed by atoms with Crippen molar-refractivity contribution < 1.29 is 43.0 Å². The number of hydrogen-bond acceptors (Lipinski definition) is 11. The van der Waals surface area contributed by atoms with Crippen LogP contribution in [0.4, 0.5) is 21.3 Å². The third-order valence-corrected chi connectivity index (χ3v) is 8.37. The Balaban J connectivity index is 0.000000978. The fourth-order valence-corrected chi connectivity index (χ4v) is 5.66. The largest absolute Gasteiger partial charge is 0.487 e. The molecule has 0 fully saturated rings. The number of aryl methyl sites for hydroxylation is 1. The standard InChI is InChI=1S/C24H20Cl2FN5O5S2.H2O4S/c1-13-9-15(6-8-20(13)32-39(35,36)17-4-2-3-16(11-17)38(27,33)34)37-12-21-22(23(28)31-24(29)30-21)14-5-7-18(25)19(26)10-14;1-5(2,3)4/h2-11,32H,12H2,1H3,(H4,28,29,30,31);(H2,1,2,3,4). The molecule has 3 aromatic carbocycles. The number of benzene rings is 3. The van der Waals surface area contributed by atoms with E-state index in [9.17, 15) is 20.7 Å². The van der Waals surface area contributed by atoms with Crippen LogP contribution in [0.3, 0.4) is 0 Å². The van der Waals surface area contributed by atoms with Crippen LogP contribution in [0.5, 0.6) is 5.75 Å². The fraction of sp³-hybridized carbons (Fsp3) is 0.0833. The number of nitrogen functional groups attached to an aromatic ring is 2. The van der Waals surface area contributed by atoms with Crippen LogP contribution in [0.25, 0.3) is 11.1 Å². The van der Waals surface area contributed by atoms with Gasteiger partial charge in [-0.1, -0.05) is 35.3 Å². The summed E-state index contributed by atoms with van der Waals surface area (Å²) < 4.78 is 101. The monoisotopic (exact) mass is 709 g/mol. The van der Waals surface area contributed by atoms with Crippen LogP contribution >= 0.6 is 23.2 Å². The quantitative estimate of drug-likeness (QED) is 0.127. The van der Waals surface area contributed by atoms with Gasteiger partial charge in [0.15, 0.2) is 0 Å². The molecule has 236 valence electrons. The van der Waals surface area contributed by atoms with Crippen LogP contribution in [0.15, 0.2) is 70.5 Å². The Morgan fingerprint density at radius 3 is 2.11 bits per heavy atom. The summed E-state index contributed by atoms with van der Waals surface area (Å²) in [6, 6.07) is 13.4. The van der Waals surface area contributed by atoms with Gasteiger partial charge in [0.1, 0.15) is 18.2 Å². The molecular weight excluding hydrogens is 688 g/mol. The van der Waals surface area contributed by atoms with E-state index in [4.69, 9.17) is 56.9 Å². The molecule has 1 heterocycles. The van der Waals surface area contributed by atoms with E-state index in [1.165, 1.54) is 12.1 Å². The van der Waals surface area contributed by atoms with Crippen molar-refractivity contribution >= 4 is 71.3 Å². The number of nitrogens with zero attached hydrogens (tertiary/aromatic N) is 2. The molecule has 0 amide bonds. The van der Waals surface area contributed by atoms with Crippen LogP contribution in [-0.4, -0.2) is 44.3 Å². The molecule has 20 heteroatoms. The zero-order valence-corrected chi connectivity index (χ0v) is 26.1. The van der Waals surface area contributed by atoms with E-state index in [0.29, 0.717) is 38.2 Å². The highest BCUT2D eigenvalue weighted by Crippen LogP contribution is 2.34. The molecule has 4 aromatic rings. The molecule has 0 saturated heterocycles. The summed E-state index contributed by atoms with van der Waals surface area (Å²) in [5.41, 5.74) is 14.0. The van der Waals surface area contributed by atoms with Crippen molar-refractivity contribution in [2.45, 2.75) is 23.3 Å². The van der Waals surface area contributed by atoms with Crippen molar-refractivity contribution in [1.82, 2.24) is 9.97 Å². The molecule has 0 bridgehead atoms. The van der Waals surface area contributed by atoms with E-state index in [1.807, 2.05) is 0 Å². The van der Waals surface area contributed by atoms with Gasteiger partial charge in [0.25, 0.3) is 10.0 Å². The molecule has 44 heavy (non-hydrogen) atoms. The van der Waals surface area contributed by atoms with Crippen LogP contribution in [0.1, 0.15) is 11.3 Å². The number of halogens is 3. The minimum Gasteiger partial charge on any atom is -0.487 e. The molecule has 0 saturated carbocycles.